The normalized spacial score (nSPS) is 14.9. The maximum atomic E-state index is 5.42. The largest absolute Gasteiger partial charge is 0.512 e. The number of anilines is 1. The summed E-state index contributed by atoms with van der Waals surface area (Å²) < 4.78 is 18.5. The van der Waals surface area contributed by atoms with Crippen molar-refractivity contribution in [3.63, 3.8) is 0 Å². The second kappa shape index (κ2) is 6.31. The van der Waals surface area contributed by atoms with E-state index in [1.165, 1.54) is 10.6 Å². The predicted octanol–water partition coefficient (Wildman–Crippen LogP) is 2.62. The van der Waals surface area contributed by atoms with Gasteiger partial charge in [-0.05, 0) is 24.1 Å². The van der Waals surface area contributed by atoms with Gasteiger partial charge in [-0.15, -0.1) is 11.8 Å². The molecule has 1 heterocycles. The van der Waals surface area contributed by atoms with E-state index < -0.39 is 8.80 Å². The van der Waals surface area contributed by atoms with Crippen molar-refractivity contribution in [3.05, 3.63) is 24.3 Å². The van der Waals surface area contributed by atoms with Gasteiger partial charge in [0.15, 0.2) is 0 Å². The van der Waals surface area contributed by atoms with Crippen molar-refractivity contribution >= 4 is 38.2 Å². The Hall–Kier alpha value is -0.183. The summed E-state index contributed by atoms with van der Waals surface area (Å²) in [5.74, 6) is 0.950. The quantitative estimate of drug-likeness (QED) is 0.593. The number of nitrogens with zero attached hydrogens (tertiary/aromatic N) is 1. The first-order valence-corrected chi connectivity index (χ1v) is 9.38. The van der Waals surface area contributed by atoms with E-state index in [0.717, 1.165) is 5.88 Å². The second-order valence-electron chi connectivity index (χ2n) is 3.69. The molecule has 0 spiro atoms. The molecule has 100 valence electrons. The van der Waals surface area contributed by atoms with Gasteiger partial charge < -0.3 is 17.6 Å². The summed E-state index contributed by atoms with van der Waals surface area (Å²) in [6.07, 6.45) is 0. The fourth-order valence-corrected chi connectivity index (χ4v) is 6.55. The molecule has 0 fully saturated rings. The van der Waals surface area contributed by atoms with Crippen molar-refractivity contribution in [2.24, 2.45) is 0 Å². The minimum absolute atomic E-state index is 0.714. The van der Waals surface area contributed by atoms with Crippen LogP contribution in [0.25, 0.3) is 0 Å². The molecule has 0 aromatic heterocycles. The summed E-state index contributed by atoms with van der Waals surface area (Å²) >= 11 is 3.55. The summed E-state index contributed by atoms with van der Waals surface area (Å²) in [5, 5.41) is 0.714. The Balaban J connectivity index is 2.00. The lowest BCUT2D eigenvalue weighted by molar-refractivity contribution is 0.130. The third kappa shape index (κ3) is 2.86. The van der Waals surface area contributed by atoms with Crippen molar-refractivity contribution < 1.29 is 13.3 Å². The number of rotatable bonds is 6. The summed E-state index contributed by atoms with van der Waals surface area (Å²) in [5.41, 5.74) is 1.26. The molecule has 4 nitrogen and oxygen atoms in total. The Kier molecular flexibility index (Phi) is 4.99. The van der Waals surface area contributed by atoms with E-state index in [2.05, 4.69) is 28.6 Å². The monoisotopic (exact) mass is 303 g/mol. The summed E-state index contributed by atoms with van der Waals surface area (Å²) in [6.45, 7) is 0. The third-order valence-electron chi connectivity index (χ3n) is 2.80. The lowest BCUT2D eigenvalue weighted by Crippen LogP contribution is -2.47. The molecule has 0 unspecified atom stereocenters. The highest BCUT2D eigenvalue weighted by Crippen LogP contribution is 2.42. The van der Waals surface area contributed by atoms with E-state index >= 15 is 0 Å². The van der Waals surface area contributed by atoms with Crippen LogP contribution in [-0.4, -0.2) is 41.4 Å². The van der Waals surface area contributed by atoms with Crippen LogP contribution in [0.4, 0.5) is 5.69 Å². The Morgan fingerprint density at radius 1 is 1.22 bits per heavy atom. The van der Waals surface area contributed by atoms with Crippen LogP contribution in [-0.2, 0) is 13.3 Å². The first-order chi connectivity index (χ1) is 8.74. The lowest BCUT2D eigenvalue weighted by atomic mass is 10.3. The fraction of sp³-hybridized carbons (Fsp3) is 0.455. The molecule has 1 aliphatic rings. The van der Waals surface area contributed by atoms with Crippen molar-refractivity contribution in [1.82, 2.24) is 0 Å². The van der Waals surface area contributed by atoms with Crippen LogP contribution >= 0.6 is 23.7 Å². The molecule has 1 aromatic rings. The predicted molar refractivity (Wildman–Crippen MR) is 78.9 cm³/mol. The average molecular weight is 303 g/mol. The van der Waals surface area contributed by atoms with Crippen LogP contribution in [0.5, 0.6) is 0 Å². The van der Waals surface area contributed by atoms with Gasteiger partial charge >= 0.3 is 8.80 Å². The van der Waals surface area contributed by atoms with Crippen LogP contribution in [0, 0.1) is 0 Å². The Morgan fingerprint density at radius 3 is 2.56 bits per heavy atom. The molecule has 18 heavy (non-hydrogen) atoms. The smallest absolute Gasteiger partial charge is 0.376 e. The van der Waals surface area contributed by atoms with Crippen LogP contribution in [0.15, 0.2) is 29.2 Å². The van der Waals surface area contributed by atoms with E-state index in [1.807, 2.05) is 11.8 Å². The summed E-state index contributed by atoms with van der Waals surface area (Å²) in [7, 11) is 2.44. The highest BCUT2D eigenvalue weighted by atomic mass is 32.2. The van der Waals surface area contributed by atoms with Gasteiger partial charge in [-0.1, -0.05) is 12.1 Å². The molecule has 0 atom stereocenters. The standard InChI is InChI=1S/C11H17NO3S2Si/c1-13-18(14-2,15-3)9-17-12-8-16-11-7-5-4-6-10(11)12/h4-7H,8-9H2,1-3H3. The minimum Gasteiger partial charge on any atom is -0.376 e. The van der Waals surface area contributed by atoms with Gasteiger partial charge in [-0.25, -0.2) is 0 Å². The number of para-hydroxylation sites is 1. The van der Waals surface area contributed by atoms with Gasteiger partial charge in [0.25, 0.3) is 0 Å². The maximum absolute atomic E-state index is 5.42. The van der Waals surface area contributed by atoms with Crippen LogP contribution < -0.4 is 4.31 Å². The molecule has 2 rings (SSSR count). The molecule has 0 bridgehead atoms. The van der Waals surface area contributed by atoms with E-state index in [4.69, 9.17) is 13.3 Å². The van der Waals surface area contributed by atoms with Crippen molar-refractivity contribution in [1.29, 1.82) is 0 Å². The van der Waals surface area contributed by atoms with Gasteiger partial charge in [-0.2, -0.15) is 0 Å². The molecule has 0 amide bonds. The van der Waals surface area contributed by atoms with Gasteiger partial charge in [0.2, 0.25) is 0 Å². The molecular formula is C11H17NO3S2Si. The van der Waals surface area contributed by atoms with Crippen LogP contribution in [0.1, 0.15) is 0 Å². The zero-order valence-electron chi connectivity index (χ0n) is 10.7. The molecule has 1 aromatic carbocycles. The minimum atomic E-state index is -2.49. The molecule has 1 aliphatic heterocycles. The molecule has 0 radical (unpaired) electrons. The molecule has 0 N–H and O–H groups in total. The lowest BCUT2D eigenvalue weighted by Gasteiger charge is -2.26. The van der Waals surface area contributed by atoms with Gasteiger partial charge in [-0.3, -0.25) is 0 Å². The number of hydrogen-bond acceptors (Lipinski definition) is 6. The summed E-state index contributed by atoms with van der Waals surface area (Å²) in [4.78, 5) is 1.32. The van der Waals surface area contributed by atoms with E-state index in [0.29, 0.717) is 5.38 Å². The van der Waals surface area contributed by atoms with Crippen molar-refractivity contribution in [2.45, 2.75) is 4.90 Å². The highest BCUT2D eigenvalue weighted by Gasteiger charge is 2.39. The van der Waals surface area contributed by atoms with Crippen LogP contribution in [0.2, 0.25) is 0 Å². The molecular weight excluding hydrogens is 286 g/mol. The maximum Gasteiger partial charge on any atom is 0.512 e. The van der Waals surface area contributed by atoms with E-state index in [1.54, 1.807) is 33.3 Å². The Bertz CT molecular complexity index is 395. The zero-order valence-corrected chi connectivity index (χ0v) is 13.3. The molecule has 7 heteroatoms. The topological polar surface area (TPSA) is 30.9 Å². The van der Waals surface area contributed by atoms with E-state index in [-0.39, 0.29) is 0 Å². The van der Waals surface area contributed by atoms with Gasteiger partial charge in [0.05, 0.1) is 16.9 Å². The Morgan fingerprint density at radius 2 is 1.89 bits per heavy atom. The first-order valence-electron chi connectivity index (χ1n) is 5.52. The number of thioether (sulfide) groups is 1. The second-order valence-corrected chi connectivity index (χ2v) is 9.12. The fourth-order valence-electron chi connectivity index (χ4n) is 1.67. The van der Waals surface area contributed by atoms with Crippen molar-refractivity contribution in [3.8, 4) is 0 Å². The number of fused-ring (bicyclic) bond motifs is 1. The molecule has 0 aliphatic carbocycles. The number of benzene rings is 1. The van der Waals surface area contributed by atoms with Crippen LogP contribution in [0.3, 0.4) is 0 Å². The number of hydrogen-bond donors (Lipinski definition) is 0. The Labute approximate surface area is 117 Å². The molecule has 0 saturated carbocycles. The average Bonchev–Trinajstić information content (AvgIpc) is 2.85. The summed E-state index contributed by atoms with van der Waals surface area (Å²) in [6, 6.07) is 8.41. The molecule has 0 saturated heterocycles. The third-order valence-corrected chi connectivity index (χ3v) is 8.44. The first kappa shape index (κ1) is 14.2. The highest BCUT2D eigenvalue weighted by molar-refractivity contribution is 8.05. The van der Waals surface area contributed by atoms with Crippen molar-refractivity contribution in [2.75, 3.05) is 36.9 Å². The SMILES string of the molecule is CO[Si](CSN1CSc2ccccc21)(OC)OC. The van der Waals surface area contributed by atoms with E-state index in [9.17, 15) is 0 Å². The van der Waals surface area contributed by atoms with Gasteiger partial charge in [0.1, 0.15) is 0 Å². The van der Waals surface area contributed by atoms with Gasteiger partial charge in [0, 0.05) is 26.2 Å². The zero-order chi connectivity index (χ0) is 13.0.